The van der Waals surface area contributed by atoms with E-state index in [-0.39, 0.29) is 0 Å². The fraction of sp³-hybridized carbons (Fsp3) is 0.357. The summed E-state index contributed by atoms with van der Waals surface area (Å²) in [4.78, 5) is 0. The number of ether oxygens (including phenoxy) is 1. The van der Waals surface area contributed by atoms with Gasteiger partial charge in [0.1, 0.15) is 11.3 Å². The fourth-order valence-electron chi connectivity index (χ4n) is 2.26. The van der Waals surface area contributed by atoms with Crippen molar-refractivity contribution in [3.05, 3.63) is 30.3 Å². The summed E-state index contributed by atoms with van der Waals surface area (Å²) in [5, 5.41) is 4.67. The smallest absolute Gasteiger partial charge is 0.485 e. The Morgan fingerprint density at radius 2 is 1.88 bits per heavy atom. The Labute approximate surface area is 136 Å². The Morgan fingerprint density at radius 1 is 1.25 bits per heavy atom. The van der Waals surface area contributed by atoms with Crippen LogP contribution in [0.1, 0.15) is 6.42 Å². The SMILES string of the molecule is COc1ccc2ccc3[n+](c2c1)CCCN3.O=S(=O)([O-])C(F)(F)F. The molecular formula is C14H15F3N2O4S. The molecule has 1 aromatic carbocycles. The standard InChI is InChI=1S/C13H14N2O.CHF3O3S/c1-16-11-5-3-10-4-6-13-14-7-2-8-15(13)12(10)9-11;2-1(3,4)8(5,6)7/h3-6,9H,2,7-8H2,1H3;(H,5,6,7). The van der Waals surface area contributed by atoms with Crippen molar-refractivity contribution < 1.29 is 35.4 Å². The highest BCUT2D eigenvalue weighted by Crippen LogP contribution is 2.21. The van der Waals surface area contributed by atoms with E-state index >= 15 is 0 Å². The van der Waals surface area contributed by atoms with Crippen LogP contribution in [0, 0.1) is 0 Å². The van der Waals surface area contributed by atoms with Crippen LogP contribution < -0.4 is 14.6 Å². The zero-order valence-corrected chi connectivity index (χ0v) is 13.4. The van der Waals surface area contributed by atoms with Crippen molar-refractivity contribution in [3.8, 4) is 5.75 Å². The Kier molecular flexibility index (Phi) is 5.19. The van der Waals surface area contributed by atoms with Crippen molar-refractivity contribution in [2.75, 3.05) is 19.0 Å². The van der Waals surface area contributed by atoms with Crippen molar-refractivity contribution in [1.29, 1.82) is 0 Å². The predicted molar refractivity (Wildman–Crippen MR) is 79.6 cm³/mol. The molecule has 132 valence electrons. The summed E-state index contributed by atoms with van der Waals surface area (Å²) in [5.74, 6) is 2.12. The molecule has 1 aliphatic rings. The van der Waals surface area contributed by atoms with Crippen LogP contribution in [0.15, 0.2) is 30.3 Å². The summed E-state index contributed by atoms with van der Waals surface area (Å²) >= 11 is 0. The molecule has 1 aliphatic heterocycles. The molecular weight excluding hydrogens is 349 g/mol. The summed E-state index contributed by atoms with van der Waals surface area (Å²) in [5.41, 5.74) is -4.41. The lowest BCUT2D eigenvalue weighted by molar-refractivity contribution is -0.660. The number of benzene rings is 1. The van der Waals surface area contributed by atoms with Crippen molar-refractivity contribution in [3.63, 3.8) is 0 Å². The Morgan fingerprint density at radius 3 is 2.46 bits per heavy atom. The van der Waals surface area contributed by atoms with E-state index in [9.17, 15) is 13.2 Å². The Bertz CT molecular complexity index is 833. The van der Waals surface area contributed by atoms with Crippen LogP contribution in [0.4, 0.5) is 19.0 Å². The normalized spacial score (nSPS) is 14.2. The molecule has 0 saturated carbocycles. The fourth-order valence-corrected chi connectivity index (χ4v) is 2.26. The number of nitrogens with zero attached hydrogens (tertiary/aromatic N) is 1. The summed E-state index contributed by atoms with van der Waals surface area (Å²) in [7, 11) is -4.38. The molecule has 10 heteroatoms. The highest BCUT2D eigenvalue weighted by atomic mass is 32.2. The van der Waals surface area contributed by atoms with Crippen LogP contribution >= 0.6 is 0 Å². The lowest BCUT2D eigenvalue weighted by Crippen LogP contribution is -2.42. The van der Waals surface area contributed by atoms with Crippen molar-refractivity contribution in [1.82, 2.24) is 0 Å². The summed E-state index contributed by atoms with van der Waals surface area (Å²) in [6.45, 7) is 2.14. The zero-order valence-electron chi connectivity index (χ0n) is 12.6. The van der Waals surface area contributed by atoms with Gasteiger partial charge in [-0.1, -0.05) is 0 Å². The van der Waals surface area contributed by atoms with E-state index in [1.54, 1.807) is 7.11 Å². The molecule has 1 N–H and O–H groups in total. The number of fused-ring (bicyclic) bond motifs is 3. The zero-order chi connectivity index (χ0) is 18.0. The number of alkyl halides is 3. The van der Waals surface area contributed by atoms with Crippen molar-refractivity contribution in [2.45, 2.75) is 18.5 Å². The number of anilines is 1. The van der Waals surface area contributed by atoms with Crippen LogP contribution in [0.25, 0.3) is 10.9 Å². The molecule has 0 bridgehead atoms. The minimum absolute atomic E-state index is 0.916. The van der Waals surface area contributed by atoms with E-state index in [0.29, 0.717) is 0 Å². The summed E-state index contributed by atoms with van der Waals surface area (Å²) in [6.07, 6.45) is 1.17. The van der Waals surface area contributed by atoms with Gasteiger partial charge in [0.25, 0.3) is 5.82 Å². The molecule has 0 amide bonds. The van der Waals surface area contributed by atoms with E-state index in [1.165, 1.54) is 23.1 Å². The first kappa shape index (κ1) is 18.3. The third-order valence-corrected chi connectivity index (χ3v) is 3.95. The first-order chi connectivity index (χ1) is 11.1. The molecule has 2 aromatic rings. The Balaban J connectivity index is 0.000000224. The van der Waals surface area contributed by atoms with Crippen molar-refractivity contribution in [2.24, 2.45) is 0 Å². The average Bonchev–Trinajstić information content (AvgIpc) is 2.53. The molecule has 0 saturated heterocycles. The molecule has 0 fully saturated rings. The van der Waals surface area contributed by atoms with Crippen LogP contribution in [-0.4, -0.2) is 32.1 Å². The van der Waals surface area contributed by atoms with Gasteiger partial charge in [-0.15, -0.1) is 0 Å². The predicted octanol–water partition coefficient (Wildman–Crippen LogP) is 2.00. The van der Waals surface area contributed by atoms with Gasteiger partial charge in [0.05, 0.1) is 20.2 Å². The van der Waals surface area contributed by atoms with Gasteiger partial charge in [-0.2, -0.15) is 13.2 Å². The number of halogens is 3. The number of hydrogen-bond acceptors (Lipinski definition) is 5. The average molecular weight is 364 g/mol. The Hall–Kier alpha value is -2.07. The minimum atomic E-state index is -6.09. The lowest BCUT2D eigenvalue weighted by atomic mass is 10.1. The van der Waals surface area contributed by atoms with E-state index in [4.69, 9.17) is 17.7 Å². The molecule has 0 radical (unpaired) electrons. The molecule has 0 atom stereocenters. The van der Waals surface area contributed by atoms with Gasteiger partial charge < -0.3 is 9.29 Å². The third kappa shape index (κ3) is 4.06. The molecule has 0 aliphatic carbocycles. The molecule has 0 spiro atoms. The summed E-state index contributed by atoms with van der Waals surface area (Å²) < 4.78 is 66.5. The first-order valence-electron chi connectivity index (χ1n) is 6.90. The number of methoxy groups -OCH3 is 1. The van der Waals surface area contributed by atoms with E-state index in [2.05, 4.69) is 34.1 Å². The first-order valence-corrected chi connectivity index (χ1v) is 8.31. The highest BCUT2D eigenvalue weighted by molar-refractivity contribution is 7.86. The molecule has 24 heavy (non-hydrogen) atoms. The molecule has 6 nitrogen and oxygen atoms in total. The van der Waals surface area contributed by atoms with Crippen molar-refractivity contribution >= 4 is 26.8 Å². The van der Waals surface area contributed by atoms with Gasteiger partial charge in [-0.25, -0.2) is 13.0 Å². The second-order valence-electron chi connectivity index (χ2n) is 4.98. The number of nitrogens with one attached hydrogen (secondary N) is 1. The molecule has 2 heterocycles. The maximum atomic E-state index is 10.7. The topological polar surface area (TPSA) is 82.3 Å². The number of aryl methyl sites for hydroxylation is 1. The van der Waals surface area contributed by atoms with E-state index < -0.39 is 15.6 Å². The number of pyridine rings is 1. The van der Waals surface area contributed by atoms with Crippen LogP contribution in [0.2, 0.25) is 0 Å². The van der Waals surface area contributed by atoms with Gasteiger partial charge in [0.2, 0.25) is 0 Å². The van der Waals surface area contributed by atoms with E-state index in [1.807, 2.05) is 6.07 Å². The third-order valence-electron chi connectivity index (χ3n) is 3.39. The quantitative estimate of drug-likeness (QED) is 0.475. The van der Waals surface area contributed by atoms with Crippen LogP contribution in [0.5, 0.6) is 5.75 Å². The highest BCUT2D eigenvalue weighted by Gasteiger charge is 2.36. The monoisotopic (exact) mass is 364 g/mol. The lowest BCUT2D eigenvalue weighted by Gasteiger charge is -2.15. The van der Waals surface area contributed by atoms with Gasteiger partial charge in [0, 0.05) is 23.9 Å². The van der Waals surface area contributed by atoms with Gasteiger partial charge in [0.15, 0.2) is 10.1 Å². The van der Waals surface area contributed by atoms with Crippen LogP contribution in [-0.2, 0) is 16.7 Å². The molecule has 1 aromatic heterocycles. The maximum absolute atomic E-state index is 10.7. The van der Waals surface area contributed by atoms with E-state index in [0.717, 1.165) is 18.8 Å². The number of rotatable bonds is 1. The number of aromatic nitrogens is 1. The number of hydrogen-bond donors (Lipinski definition) is 1. The van der Waals surface area contributed by atoms with Gasteiger partial charge >= 0.3 is 5.51 Å². The maximum Gasteiger partial charge on any atom is 0.485 e. The minimum Gasteiger partial charge on any atom is -0.741 e. The molecule has 3 rings (SSSR count). The largest absolute Gasteiger partial charge is 0.741 e. The second kappa shape index (κ2) is 6.81. The second-order valence-corrected chi connectivity index (χ2v) is 6.35. The van der Waals surface area contributed by atoms with Crippen LogP contribution in [0.3, 0.4) is 0 Å². The van der Waals surface area contributed by atoms with Gasteiger partial charge in [-0.3, -0.25) is 5.32 Å². The summed E-state index contributed by atoms with van der Waals surface area (Å²) in [6, 6.07) is 10.5. The molecule has 0 unspecified atom stereocenters. The van der Waals surface area contributed by atoms with Gasteiger partial charge in [-0.05, 0) is 18.2 Å².